The number of benzene rings is 2. The molecular weight excluding hydrogens is 250 g/mol. The summed E-state index contributed by atoms with van der Waals surface area (Å²) in [6, 6.07) is 17.5. The molecule has 2 rings (SSSR count). The van der Waals surface area contributed by atoms with Crippen molar-refractivity contribution in [2.75, 3.05) is 0 Å². The van der Waals surface area contributed by atoms with Crippen molar-refractivity contribution in [3.8, 4) is 17.2 Å². The van der Waals surface area contributed by atoms with E-state index in [0.29, 0.717) is 0 Å². The molecule has 0 aliphatic rings. The first-order chi connectivity index (χ1) is 9.63. The minimum atomic E-state index is 0.107. The van der Waals surface area contributed by atoms with Gasteiger partial charge in [-0.15, -0.1) is 0 Å². The van der Waals surface area contributed by atoms with Crippen molar-refractivity contribution in [1.82, 2.24) is 0 Å². The predicted molar refractivity (Wildman–Crippen MR) is 81.3 cm³/mol. The highest BCUT2D eigenvalue weighted by atomic mass is 16.5. The van der Waals surface area contributed by atoms with Crippen LogP contribution in [-0.2, 0) is 0 Å². The summed E-state index contributed by atoms with van der Waals surface area (Å²) in [7, 11) is 0. The van der Waals surface area contributed by atoms with Crippen molar-refractivity contribution in [2.24, 2.45) is 5.73 Å². The second-order valence-electron chi connectivity index (χ2n) is 5.03. The Balaban J connectivity index is 1.93. The summed E-state index contributed by atoms with van der Waals surface area (Å²) in [6.45, 7) is 4.01. The van der Waals surface area contributed by atoms with Crippen molar-refractivity contribution in [3.05, 3.63) is 54.6 Å². The second-order valence-corrected chi connectivity index (χ2v) is 5.03. The molecule has 2 atom stereocenters. The smallest absolute Gasteiger partial charge is 0.127 e. The first-order valence-corrected chi connectivity index (χ1v) is 6.88. The van der Waals surface area contributed by atoms with E-state index in [1.165, 1.54) is 0 Å². The number of hydrogen-bond acceptors (Lipinski definition) is 3. The Bertz CT molecular complexity index is 508. The second kappa shape index (κ2) is 6.96. The molecule has 0 saturated carbocycles. The fourth-order valence-electron chi connectivity index (χ4n) is 2.01. The molecular formula is C17H21NO2. The highest BCUT2D eigenvalue weighted by Gasteiger charge is 2.07. The maximum absolute atomic E-state index is 5.79. The maximum Gasteiger partial charge on any atom is 0.127 e. The summed E-state index contributed by atoms with van der Waals surface area (Å²) in [5, 5.41) is 0. The molecule has 2 aromatic rings. The quantitative estimate of drug-likeness (QED) is 0.864. The third-order valence-electron chi connectivity index (χ3n) is 2.84. The van der Waals surface area contributed by atoms with E-state index in [4.69, 9.17) is 15.2 Å². The molecule has 106 valence electrons. The van der Waals surface area contributed by atoms with E-state index in [-0.39, 0.29) is 12.1 Å². The third kappa shape index (κ3) is 4.59. The average Bonchev–Trinajstić information content (AvgIpc) is 2.41. The summed E-state index contributed by atoms with van der Waals surface area (Å²) < 4.78 is 11.5. The lowest BCUT2D eigenvalue weighted by atomic mass is 10.2. The molecule has 0 bridgehead atoms. The molecule has 0 aliphatic carbocycles. The fourth-order valence-corrected chi connectivity index (χ4v) is 2.01. The lowest BCUT2D eigenvalue weighted by molar-refractivity contribution is 0.203. The molecule has 2 unspecified atom stereocenters. The van der Waals surface area contributed by atoms with E-state index in [1.807, 2.05) is 68.4 Å². The van der Waals surface area contributed by atoms with Gasteiger partial charge in [0, 0.05) is 6.04 Å². The van der Waals surface area contributed by atoms with Gasteiger partial charge in [0.15, 0.2) is 0 Å². The van der Waals surface area contributed by atoms with Crippen LogP contribution in [0.3, 0.4) is 0 Å². The van der Waals surface area contributed by atoms with Gasteiger partial charge in [-0.1, -0.05) is 18.2 Å². The summed E-state index contributed by atoms with van der Waals surface area (Å²) in [4.78, 5) is 0. The van der Waals surface area contributed by atoms with Gasteiger partial charge in [0.1, 0.15) is 17.2 Å². The van der Waals surface area contributed by atoms with Gasteiger partial charge in [0.2, 0.25) is 0 Å². The normalized spacial score (nSPS) is 13.6. The zero-order valence-corrected chi connectivity index (χ0v) is 12.0. The number of rotatable bonds is 6. The Morgan fingerprint density at radius 2 is 1.40 bits per heavy atom. The van der Waals surface area contributed by atoms with Gasteiger partial charge in [-0.2, -0.15) is 0 Å². The maximum atomic E-state index is 5.79. The van der Waals surface area contributed by atoms with Gasteiger partial charge in [-0.3, -0.25) is 0 Å². The Morgan fingerprint density at radius 1 is 0.850 bits per heavy atom. The van der Waals surface area contributed by atoms with Crippen LogP contribution in [0.2, 0.25) is 0 Å². The van der Waals surface area contributed by atoms with Crippen molar-refractivity contribution in [2.45, 2.75) is 32.4 Å². The van der Waals surface area contributed by atoms with Crippen molar-refractivity contribution < 1.29 is 9.47 Å². The molecule has 3 nitrogen and oxygen atoms in total. The molecule has 2 N–H and O–H groups in total. The first-order valence-electron chi connectivity index (χ1n) is 6.88. The molecule has 0 aliphatic heterocycles. The van der Waals surface area contributed by atoms with Crippen LogP contribution in [0.1, 0.15) is 20.3 Å². The van der Waals surface area contributed by atoms with Gasteiger partial charge >= 0.3 is 0 Å². The van der Waals surface area contributed by atoms with Crippen molar-refractivity contribution in [3.63, 3.8) is 0 Å². The number of para-hydroxylation sites is 1. The van der Waals surface area contributed by atoms with Crippen LogP contribution in [0, 0.1) is 0 Å². The van der Waals surface area contributed by atoms with Gasteiger partial charge in [0.25, 0.3) is 0 Å². The summed E-state index contributed by atoms with van der Waals surface area (Å²) >= 11 is 0. The monoisotopic (exact) mass is 271 g/mol. The highest BCUT2D eigenvalue weighted by molar-refractivity contribution is 5.35. The number of ether oxygens (including phenoxy) is 2. The molecule has 3 heteroatoms. The number of hydrogen-bond donors (Lipinski definition) is 1. The standard InChI is InChI=1S/C17H21NO2/c1-13(18)12-14(2)19-16-8-10-17(11-9-16)20-15-6-4-3-5-7-15/h3-11,13-14H,12,18H2,1-2H3. The Labute approximate surface area is 120 Å². The van der Waals surface area contributed by atoms with E-state index in [9.17, 15) is 0 Å². The van der Waals surface area contributed by atoms with E-state index in [1.54, 1.807) is 0 Å². The van der Waals surface area contributed by atoms with Crippen molar-refractivity contribution >= 4 is 0 Å². The Hall–Kier alpha value is -2.00. The molecule has 0 heterocycles. The average molecular weight is 271 g/mol. The Morgan fingerprint density at radius 3 is 2.00 bits per heavy atom. The SMILES string of the molecule is CC(N)CC(C)Oc1ccc(Oc2ccccc2)cc1. The van der Waals surface area contributed by atoms with Crippen LogP contribution in [0.15, 0.2) is 54.6 Å². The minimum Gasteiger partial charge on any atom is -0.491 e. The van der Waals surface area contributed by atoms with Gasteiger partial charge in [-0.25, -0.2) is 0 Å². The van der Waals surface area contributed by atoms with Crippen LogP contribution >= 0.6 is 0 Å². The molecule has 0 radical (unpaired) electrons. The van der Waals surface area contributed by atoms with Gasteiger partial charge in [-0.05, 0) is 56.7 Å². The Kier molecular flexibility index (Phi) is 5.02. The first kappa shape index (κ1) is 14.4. The highest BCUT2D eigenvalue weighted by Crippen LogP contribution is 2.24. The molecule has 0 aromatic heterocycles. The third-order valence-corrected chi connectivity index (χ3v) is 2.84. The van der Waals surface area contributed by atoms with Gasteiger partial charge < -0.3 is 15.2 Å². The van der Waals surface area contributed by atoms with E-state index in [2.05, 4.69) is 0 Å². The minimum absolute atomic E-state index is 0.107. The topological polar surface area (TPSA) is 44.5 Å². The van der Waals surface area contributed by atoms with Crippen LogP contribution in [0.5, 0.6) is 17.2 Å². The molecule has 0 saturated heterocycles. The zero-order chi connectivity index (χ0) is 14.4. The summed E-state index contributed by atoms with van der Waals surface area (Å²) in [6.07, 6.45) is 0.943. The van der Waals surface area contributed by atoms with Crippen molar-refractivity contribution in [1.29, 1.82) is 0 Å². The van der Waals surface area contributed by atoms with Gasteiger partial charge in [0.05, 0.1) is 6.10 Å². The largest absolute Gasteiger partial charge is 0.491 e. The van der Waals surface area contributed by atoms with E-state index in [0.717, 1.165) is 23.7 Å². The molecule has 2 aromatic carbocycles. The van der Waals surface area contributed by atoms with E-state index < -0.39 is 0 Å². The van der Waals surface area contributed by atoms with Crippen LogP contribution in [0.4, 0.5) is 0 Å². The predicted octanol–water partition coefficient (Wildman–Crippen LogP) is 3.98. The molecule has 0 spiro atoms. The van der Waals surface area contributed by atoms with Crippen LogP contribution in [-0.4, -0.2) is 12.1 Å². The van der Waals surface area contributed by atoms with E-state index >= 15 is 0 Å². The summed E-state index contributed by atoms with van der Waals surface area (Å²) in [5.41, 5.74) is 5.76. The number of nitrogens with two attached hydrogens (primary N) is 1. The zero-order valence-electron chi connectivity index (χ0n) is 12.0. The lowest BCUT2D eigenvalue weighted by Crippen LogP contribution is -2.24. The summed E-state index contributed by atoms with van der Waals surface area (Å²) in [5.74, 6) is 2.45. The molecule has 0 fully saturated rings. The van der Waals surface area contributed by atoms with Crippen LogP contribution in [0.25, 0.3) is 0 Å². The van der Waals surface area contributed by atoms with Crippen LogP contribution < -0.4 is 15.2 Å². The fraction of sp³-hybridized carbons (Fsp3) is 0.294. The lowest BCUT2D eigenvalue weighted by Gasteiger charge is -2.16. The molecule has 0 amide bonds. The molecule has 20 heavy (non-hydrogen) atoms.